The molecule has 8 heteroatoms. The molecule has 0 radical (unpaired) electrons. The monoisotopic (exact) mass is 469 g/mol. The number of carbonyl (C=O) groups excluding carboxylic acids is 1. The summed E-state index contributed by atoms with van der Waals surface area (Å²) in [6.45, 7) is 7.65. The van der Waals surface area contributed by atoms with Gasteiger partial charge in [-0.25, -0.2) is 9.97 Å². The summed E-state index contributed by atoms with van der Waals surface area (Å²) in [5.74, 6) is 1.00. The van der Waals surface area contributed by atoms with E-state index in [-0.39, 0.29) is 5.78 Å². The first-order valence-corrected chi connectivity index (χ1v) is 12.6. The van der Waals surface area contributed by atoms with E-state index < -0.39 is 0 Å². The van der Waals surface area contributed by atoms with Crippen molar-refractivity contribution in [3.63, 3.8) is 0 Å². The average Bonchev–Trinajstić information content (AvgIpc) is 3.56. The highest BCUT2D eigenvalue weighted by Gasteiger charge is 2.24. The zero-order valence-corrected chi connectivity index (χ0v) is 20.3. The third kappa shape index (κ3) is 4.01. The summed E-state index contributed by atoms with van der Waals surface area (Å²) < 4.78 is 1.99. The van der Waals surface area contributed by atoms with Gasteiger partial charge in [-0.1, -0.05) is 12.8 Å². The first-order chi connectivity index (χ1) is 17.1. The average molecular weight is 470 g/mol. The number of ketones is 1. The summed E-state index contributed by atoms with van der Waals surface area (Å²) in [7, 11) is 0. The van der Waals surface area contributed by atoms with Crippen LogP contribution in [0.1, 0.15) is 60.1 Å². The molecule has 0 amide bonds. The molecule has 1 aliphatic carbocycles. The molecular formula is C27H31N7O. The molecule has 4 aromatic rings. The Balaban J connectivity index is 1.37. The fraction of sp³-hybridized carbons (Fsp3) is 0.407. The van der Waals surface area contributed by atoms with Gasteiger partial charge in [0.1, 0.15) is 5.65 Å². The van der Waals surface area contributed by atoms with Crippen LogP contribution in [0.2, 0.25) is 0 Å². The SMILES string of the molecule is CC(=O)c1c(C)c2cnc(Nc3ccc(N4CCNCC4)cc3)nc2n2cc(C3CCCC3)nc12. The largest absolute Gasteiger partial charge is 0.369 e. The van der Waals surface area contributed by atoms with Gasteiger partial charge < -0.3 is 15.5 Å². The lowest BCUT2D eigenvalue weighted by Crippen LogP contribution is -2.43. The summed E-state index contributed by atoms with van der Waals surface area (Å²) in [6.07, 6.45) is 8.68. The van der Waals surface area contributed by atoms with Crippen molar-refractivity contribution in [3.8, 4) is 0 Å². The van der Waals surface area contributed by atoms with Gasteiger partial charge in [-0.15, -0.1) is 0 Å². The Morgan fingerprint density at radius 2 is 1.80 bits per heavy atom. The Morgan fingerprint density at radius 1 is 1.06 bits per heavy atom. The summed E-state index contributed by atoms with van der Waals surface area (Å²) in [5.41, 5.74) is 6.25. The summed E-state index contributed by atoms with van der Waals surface area (Å²) in [4.78, 5) is 29.4. The van der Waals surface area contributed by atoms with Crippen LogP contribution in [-0.4, -0.2) is 51.3 Å². The molecule has 0 atom stereocenters. The van der Waals surface area contributed by atoms with Crippen molar-refractivity contribution in [2.75, 3.05) is 36.4 Å². The van der Waals surface area contributed by atoms with Crippen molar-refractivity contribution in [2.24, 2.45) is 0 Å². The van der Waals surface area contributed by atoms with Gasteiger partial charge >= 0.3 is 0 Å². The zero-order valence-electron chi connectivity index (χ0n) is 20.3. The molecule has 2 N–H and O–H groups in total. The van der Waals surface area contributed by atoms with Gasteiger partial charge in [-0.3, -0.25) is 9.20 Å². The number of rotatable bonds is 5. The van der Waals surface area contributed by atoms with E-state index in [0.717, 1.165) is 67.0 Å². The van der Waals surface area contributed by atoms with Crippen LogP contribution < -0.4 is 15.5 Å². The van der Waals surface area contributed by atoms with E-state index >= 15 is 0 Å². The molecule has 0 spiro atoms. The number of aromatic nitrogens is 4. The second-order valence-corrected chi connectivity index (χ2v) is 9.74. The molecule has 2 aliphatic rings. The molecule has 1 saturated heterocycles. The van der Waals surface area contributed by atoms with Crippen molar-refractivity contribution in [1.82, 2.24) is 24.7 Å². The van der Waals surface area contributed by atoms with Crippen LogP contribution in [0.25, 0.3) is 16.7 Å². The maximum absolute atomic E-state index is 12.6. The van der Waals surface area contributed by atoms with Gasteiger partial charge in [0.2, 0.25) is 5.95 Å². The fourth-order valence-corrected chi connectivity index (χ4v) is 5.57. The number of nitrogens with zero attached hydrogens (tertiary/aromatic N) is 5. The van der Waals surface area contributed by atoms with E-state index in [9.17, 15) is 4.79 Å². The van der Waals surface area contributed by atoms with Crippen LogP contribution >= 0.6 is 0 Å². The molecule has 1 aromatic carbocycles. The number of benzene rings is 1. The quantitative estimate of drug-likeness (QED) is 0.413. The second kappa shape index (κ2) is 8.92. The molecular weight excluding hydrogens is 438 g/mol. The maximum Gasteiger partial charge on any atom is 0.229 e. The molecule has 180 valence electrons. The lowest BCUT2D eigenvalue weighted by atomic mass is 10.0. The molecule has 0 unspecified atom stereocenters. The number of pyridine rings is 1. The number of carbonyl (C=O) groups is 1. The molecule has 35 heavy (non-hydrogen) atoms. The molecule has 4 heterocycles. The number of imidazole rings is 1. The van der Waals surface area contributed by atoms with Crippen LogP contribution in [0, 0.1) is 6.92 Å². The molecule has 2 fully saturated rings. The highest BCUT2D eigenvalue weighted by Crippen LogP contribution is 2.35. The van der Waals surface area contributed by atoms with E-state index in [1.807, 2.05) is 17.5 Å². The molecule has 0 bridgehead atoms. The molecule has 6 rings (SSSR count). The minimum Gasteiger partial charge on any atom is -0.369 e. The zero-order chi connectivity index (χ0) is 23.9. The Kier molecular flexibility index (Phi) is 5.60. The van der Waals surface area contributed by atoms with Crippen LogP contribution in [0.4, 0.5) is 17.3 Å². The Bertz CT molecular complexity index is 1400. The van der Waals surface area contributed by atoms with Crippen LogP contribution in [0.3, 0.4) is 0 Å². The van der Waals surface area contributed by atoms with Crippen molar-refractivity contribution < 1.29 is 4.79 Å². The van der Waals surface area contributed by atoms with E-state index in [2.05, 4.69) is 51.0 Å². The number of hydrogen-bond acceptors (Lipinski definition) is 7. The van der Waals surface area contributed by atoms with Gasteiger partial charge in [0.05, 0.1) is 11.3 Å². The third-order valence-corrected chi connectivity index (χ3v) is 7.46. The van der Waals surface area contributed by atoms with Crippen molar-refractivity contribution in [2.45, 2.75) is 45.4 Å². The van der Waals surface area contributed by atoms with Crippen LogP contribution in [0.5, 0.6) is 0 Å². The predicted molar refractivity (Wildman–Crippen MR) is 139 cm³/mol. The predicted octanol–water partition coefficient (Wildman–Crippen LogP) is 4.60. The first-order valence-electron chi connectivity index (χ1n) is 12.6. The number of Topliss-reactive ketones (excluding diaryl/α,β-unsaturated/α-hetero) is 1. The topological polar surface area (TPSA) is 87.5 Å². The number of piperazine rings is 1. The van der Waals surface area contributed by atoms with E-state index in [4.69, 9.17) is 9.97 Å². The van der Waals surface area contributed by atoms with Gasteiger partial charge in [0.15, 0.2) is 11.4 Å². The molecule has 1 saturated carbocycles. The number of aryl methyl sites for hydroxylation is 1. The molecule has 3 aromatic heterocycles. The van der Waals surface area contributed by atoms with Crippen LogP contribution in [-0.2, 0) is 0 Å². The highest BCUT2D eigenvalue weighted by atomic mass is 16.1. The van der Waals surface area contributed by atoms with E-state index in [1.165, 1.54) is 18.5 Å². The van der Waals surface area contributed by atoms with Crippen molar-refractivity contribution in [3.05, 3.63) is 53.5 Å². The van der Waals surface area contributed by atoms with Crippen molar-refractivity contribution >= 4 is 39.8 Å². The normalized spacial score (nSPS) is 16.9. The second-order valence-electron chi connectivity index (χ2n) is 9.74. The highest BCUT2D eigenvalue weighted by molar-refractivity contribution is 6.05. The number of nitrogens with one attached hydrogen (secondary N) is 2. The fourth-order valence-electron chi connectivity index (χ4n) is 5.57. The Labute approximate surface area is 204 Å². The number of fused-ring (bicyclic) bond motifs is 3. The lowest BCUT2D eigenvalue weighted by Gasteiger charge is -2.29. The Hall–Kier alpha value is -3.52. The van der Waals surface area contributed by atoms with Crippen LogP contribution in [0.15, 0.2) is 36.7 Å². The lowest BCUT2D eigenvalue weighted by molar-refractivity contribution is 0.101. The van der Waals surface area contributed by atoms with Gasteiger partial charge in [-0.2, -0.15) is 4.98 Å². The first kappa shape index (κ1) is 22.0. The summed E-state index contributed by atoms with van der Waals surface area (Å²) >= 11 is 0. The number of hydrogen-bond donors (Lipinski definition) is 2. The van der Waals surface area contributed by atoms with Gasteiger partial charge in [0.25, 0.3) is 0 Å². The third-order valence-electron chi connectivity index (χ3n) is 7.46. The Morgan fingerprint density at radius 3 is 2.51 bits per heavy atom. The van der Waals surface area contributed by atoms with Gasteiger partial charge in [-0.05, 0) is 56.5 Å². The molecule has 1 aliphatic heterocycles. The minimum absolute atomic E-state index is 0.0183. The summed E-state index contributed by atoms with van der Waals surface area (Å²) in [6, 6.07) is 8.42. The number of anilines is 3. The van der Waals surface area contributed by atoms with E-state index in [1.54, 1.807) is 6.92 Å². The smallest absolute Gasteiger partial charge is 0.229 e. The summed E-state index contributed by atoms with van der Waals surface area (Å²) in [5, 5.41) is 7.62. The van der Waals surface area contributed by atoms with Gasteiger partial charge in [0, 0.05) is 61.3 Å². The standard InChI is InChI=1S/C27H31N7O/c1-17-22-15-29-27(30-20-7-9-21(10-8-20)33-13-11-28-12-14-33)32-25(22)34-16-23(19-5-3-4-6-19)31-26(34)24(17)18(2)35/h7-10,15-16,19,28H,3-6,11-14H2,1-2H3,(H,29,30,32). The van der Waals surface area contributed by atoms with E-state index in [0.29, 0.717) is 23.1 Å². The maximum atomic E-state index is 12.6. The van der Waals surface area contributed by atoms with Crippen molar-refractivity contribution in [1.29, 1.82) is 0 Å². The molecule has 8 nitrogen and oxygen atoms in total. The minimum atomic E-state index is 0.0183.